The van der Waals surface area contributed by atoms with Gasteiger partial charge in [0.05, 0.1) is 11.2 Å². The van der Waals surface area contributed by atoms with Gasteiger partial charge in [0.15, 0.2) is 0 Å². The molecule has 1 amide bonds. The second-order valence-electron chi connectivity index (χ2n) is 4.43. The number of rotatable bonds is 2. The summed E-state index contributed by atoms with van der Waals surface area (Å²) in [6, 6.07) is 11.6. The van der Waals surface area contributed by atoms with E-state index in [4.69, 9.17) is 11.6 Å². The number of aromatic amines is 1. The van der Waals surface area contributed by atoms with E-state index in [0.717, 1.165) is 5.39 Å². The lowest BCUT2D eigenvalue weighted by atomic mass is 10.2. The summed E-state index contributed by atoms with van der Waals surface area (Å²) >= 11 is 5.92. The van der Waals surface area contributed by atoms with Gasteiger partial charge in [-0.05, 0) is 24.3 Å². The van der Waals surface area contributed by atoms with Gasteiger partial charge in [-0.15, -0.1) is 0 Å². The van der Waals surface area contributed by atoms with Crippen LogP contribution in [-0.2, 0) is 0 Å². The lowest BCUT2D eigenvalue weighted by Crippen LogP contribution is -2.15. The topological polar surface area (TPSA) is 74.8 Å². The number of fused-ring (bicyclic) bond motifs is 1. The van der Waals surface area contributed by atoms with Gasteiger partial charge in [0.1, 0.15) is 5.69 Å². The highest BCUT2D eigenvalue weighted by Gasteiger charge is 2.09. The largest absolute Gasteiger partial charge is 0.327 e. The molecule has 2 heterocycles. The van der Waals surface area contributed by atoms with Crippen LogP contribution in [0.2, 0.25) is 5.02 Å². The van der Waals surface area contributed by atoms with Crippen LogP contribution < -0.4 is 10.9 Å². The molecule has 0 saturated carbocycles. The van der Waals surface area contributed by atoms with Crippen molar-refractivity contribution >= 4 is 34.1 Å². The van der Waals surface area contributed by atoms with Crippen molar-refractivity contribution in [2.75, 3.05) is 5.32 Å². The minimum Gasteiger partial charge on any atom is -0.327 e. The van der Waals surface area contributed by atoms with Gasteiger partial charge >= 0.3 is 0 Å². The second kappa shape index (κ2) is 5.38. The van der Waals surface area contributed by atoms with Gasteiger partial charge in [0, 0.05) is 22.7 Å². The first kappa shape index (κ1) is 13.3. The van der Waals surface area contributed by atoms with E-state index in [2.05, 4.69) is 15.3 Å². The Hall–Kier alpha value is -2.66. The van der Waals surface area contributed by atoms with Crippen molar-refractivity contribution in [1.29, 1.82) is 0 Å². The lowest BCUT2D eigenvalue weighted by molar-refractivity contribution is 0.102. The Balaban J connectivity index is 1.90. The predicted molar refractivity (Wildman–Crippen MR) is 81.8 cm³/mol. The average molecular weight is 300 g/mol. The smallest absolute Gasteiger partial charge is 0.274 e. The van der Waals surface area contributed by atoms with Crippen LogP contribution in [0.3, 0.4) is 0 Å². The maximum atomic E-state index is 12.1. The SMILES string of the molecule is O=C(Nc1ccc(=O)[nH]c1)c1ccc2ccc(Cl)cc2n1. The van der Waals surface area contributed by atoms with Crippen LogP contribution in [0.4, 0.5) is 5.69 Å². The molecule has 0 atom stereocenters. The number of halogens is 1. The molecule has 0 bridgehead atoms. The molecule has 104 valence electrons. The fourth-order valence-corrected chi connectivity index (χ4v) is 2.07. The molecule has 2 N–H and O–H groups in total. The summed E-state index contributed by atoms with van der Waals surface area (Å²) in [4.78, 5) is 29.9. The van der Waals surface area contributed by atoms with Crippen molar-refractivity contribution in [2.45, 2.75) is 0 Å². The van der Waals surface area contributed by atoms with E-state index in [-0.39, 0.29) is 17.2 Å². The van der Waals surface area contributed by atoms with Gasteiger partial charge in [-0.3, -0.25) is 9.59 Å². The Morgan fingerprint density at radius 3 is 2.71 bits per heavy atom. The van der Waals surface area contributed by atoms with Crippen molar-refractivity contribution < 1.29 is 4.79 Å². The number of nitrogens with one attached hydrogen (secondary N) is 2. The molecule has 2 aromatic heterocycles. The number of carbonyl (C=O) groups is 1. The summed E-state index contributed by atoms with van der Waals surface area (Å²) in [5.74, 6) is -0.357. The van der Waals surface area contributed by atoms with Crippen LogP contribution in [0.15, 0.2) is 53.5 Å². The molecule has 0 radical (unpaired) electrons. The molecule has 0 aliphatic heterocycles. The summed E-state index contributed by atoms with van der Waals surface area (Å²) < 4.78 is 0. The molecule has 0 fully saturated rings. The average Bonchev–Trinajstić information content (AvgIpc) is 2.48. The molecule has 0 aliphatic carbocycles. The molecule has 0 unspecified atom stereocenters. The summed E-state index contributed by atoms with van der Waals surface area (Å²) in [7, 11) is 0. The monoisotopic (exact) mass is 299 g/mol. The predicted octanol–water partition coefficient (Wildman–Crippen LogP) is 2.83. The fourth-order valence-electron chi connectivity index (χ4n) is 1.90. The molecule has 0 aliphatic rings. The number of hydrogen-bond acceptors (Lipinski definition) is 3. The van der Waals surface area contributed by atoms with Gasteiger partial charge < -0.3 is 10.3 Å². The van der Waals surface area contributed by atoms with Crippen LogP contribution in [-0.4, -0.2) is 15.9 Å². The van der Waals surface area contributed by atoms with Crippen molar-refractivity contribution in [3.05, 3.63) is 69.7 Å². The Morgan fingerprint density at radius 2 is 1.95 bits per heavy atom. The highest BCUT2D eigenvalue weighted by Crippen LogP contribution is 2.18. The Bertz CT molecular complexity index is 869. The molecule has 5 nitrogen and oxygen atoms in total. The standard InChI is InChI=1S/C15H10ClN3O2/c16-10-3-1-9-2-5-12(19-13(9)7-10)15(21)18-11-4-6-14(20)17-8-11/h1-8H,(H,17,20)(H,18,21). The van der Waals surface area contributed by atoms with Crippen LogP contribution in [0.5, 0.6) is 0 Å². The number of carbonyl (C=O) groups excluding carboxylic acids is 1. The quantitative estimate of drug-likeness (QED) is 0.764. The van der Waals surface area contributed by atoms with Gasteiger partial charge in [-0.2, -0.15) is 0 Å². The first-order chi connectivity index (χ1) is 10.1. The highest BCUT2D eigenvalue weighted by molar-refractivity contribution is 6.31. The third-order valence-electron chi connectivity index (χ3n) is 2.93. The Labute approximate surface area is 124 Å². The highest BCUT2D eigenvalue weighted by atomic mass is 35.5. The van der Waals surface area contributed by atoms with Crippen molar-refractivity contribution in [3.8, 4) is 0 Å². The number of anilines is 1. The van der Waals surface area contributed by atoms with E-state index in [1.807, 2.05) is 6.07 Å². The van der Waals surface area contributed by atoms with Crippen LogP contribution in [0, 0.1) is 0 Å². The number of aromatic nitrogens is 2. The van der Waals surface area contributed by atoms with Gasteiger partial charge in [-0.25, -0.2) is 4.98 Å². The zero-order valence-electron chi connectivity index (χ0n) is 10.8. The first-order valence-electron chi connectivity index (χ1n) is 6.18. The maximum absolute atomic E-state index is 12.1. The minimum atomic E-state index is -0.357. The number of nitrogens with zero attached hydrogens (tertiary/aromatic N) is 1. The lowest BCUT2D eigenvalue weighted by Gasteiger charge is -2.05. The van der Waals surface area contributed by atoms with E-state index in [0.29, 0.717) is 16.2 Å². The third kappa shape index (κ3) is 2.93. The summed E-state index contributed by atoms with van der Waals surface area (Å²) in [6.45, 7) is 0. The summed E-state index contributed by atoms with van der Waals surface area (Å²) in [5.41, 5.74) is 1.19. The van der Waals surface area contributed by atoms with Crippen LogP contribution in [0.1, 0.15) is 10.5 Å². The second-order valence-corrected chi connectivity index (χ2v) is 4.87. The number of amides is 1. The van der Waals surface area contributed by atoms with E-state index in [1.165, 1.54) is 18.3 Å². The van der Waals surface area contributed by atoms with E-state index >= 15 is 0 Å². The number of benzene rings is 1. The number of pyridine rings is 2. The minimum absolute atomic E-state index is 0.230. The Morgan fingerprint density at radius 1 is 1.14 bits per heavy atom. The Kier molecular flexibility index (Phi) is 3.41. The third-order valence-corrected chi connectivity index (χ3v) is 3.16. The molecule has 3 aromatic rings. The molecular weight excluding hydrogens is 290 g/mol. The molecule has 21 heavy (non-hydrogen) atoms. The molecule has 6 heteroatoms. The van der Waals surface area contributed by atoms with Crippen molar-refractivity contribution in [3.63, 3.8) is 0 Å². The molecule has 0 spiro atoms. The first-order valence-corrected chi connectivity index (χ1v) is 6.56. The zero-order valence-corrected chi connectivity index (χ0v) is 11.5. The summed E-state index contributed by atoms with van der Waals surface area (Å²) in [6.07, 6.45) is 1.43. The molecule has 0 saturated heterocycles. The maximum Gasteiger partial charge on any atom is 0.274 e. The normalized spacial score (nSPS) is 10.5. The van der Waals surface area contributed by atoms with Crippen LogP contribution in [0.25, 0.3) is 10.9 Å². The molecule has 3 rings (SSSR count). The molecule has 1 aromatic carbocycles. The van der Waals surface area contributed by atoms with Crippen molar-refractivity contribution in [2.24, 2.45) is 0 Å². The number of H-pyrrole nitrogens is 1. The van der Waals surface area contributed by atoms with Gasteiger partial charge in [0.2, 0.25) is 5.56 Å². The summed E-state index contributed by atoms with van der Waals surface area (Å²) in [5, 5.41) is 4.13. The fraction of sp³-hybridized carbons (Fsp3) is 0. The van der Waals surface area contributed by atoms with E-state index in [9.17, 15) is 9.59 Å². The zero-order chi connectivity index (χ0) is 14.8. The van der Waals surface area contributed by atoms with Crippen molar-refractivity contribution in [1.82, 2.24) is 9.97 Å². The van der Waals surface area contributed by atoms with Crippen LogP contribution >= 0.6 is 11.6 Å². The van der Waals surface area contributed by atoms with Gasteiger partial charge in [-0.1, -0.05) is 23.7 Å². The molecular formula is C15H10ClN3O2. The number of hydrogen-bond donors (Lipinski definition) is 2. The van der Waals surface area contributed by atoms with Gasteiger partial charge in [0.25, 0.3) is 5.91 Å². The van der Waals surface area contributed by atoms with E-state index < -0.39 is 0 Å². The van der Waals surface area contributed by atoms with E-state index in [1.54, 1.807) is 24.3 Å².